The molecule has 0 aromatic heterocycles. The second-order valence-corrected chi connectivity index (χ2v) is 5.87. The van der Waals surface area contributed by atoms with Crippen LogP contribution in [0.2, 0.25) is 0 Å². The molecule has 0 spiro atoms. The highest BCUT2D eigenvalue weighted by atomic mass is 32.2. The van der Waals surface area contributed by atoms with Gasteiger partial charge in [0.2, 0.25) is 11.1 Å². The highest BCUT2D eigenvalue weighted by Crippen LogP contribution is 2.12. The van der Waals surface area contributed by atoms with E-state index in [1.54, 1.807) is 0 Å². The van der Waals surface area contributed by atoms with Gasteiger partial charge in [0, 0.05) is 11.7 Å². The summed E-state index contributed by atoms with van der Waals surface area (Å²) in [5.41, 5.74) is 0. The summed E-state index contributed by atoms with van der Waals surface area (Å²) in [5.74, 6) is 2.72. The molecule has 0 aliphatic rings. The average Bonchev–Trinajstić information content (AvgIpc) is 2.39. The molecule has 0 radical (unpaired) electrons. The Bertz CT molecular complexity index is 266. The van der Waals surface area contributed by atoms with Crippen LogP contribution < -0.4 is 0 Å². The smallest absolute Gasteiger partial charge is 0.233 e. The first-order valence-electron chi connectivity index (χ1n) is 7.86. The van der Waals surface area contributed by atoms with E-state index in [9.17, 15) is 4.21 Å². The minimum atomic E-state index is -1.94. The minimum absolute atomic E-state index is 0.754. The van der Waals surface area contributed by atoms with E-state index in [2.05, 4.69) is 18.1 Å². The molecule has 0 aromatic rings. The maximum Gasteiger partial charge on any atom is 0.233 e. The lowest BCUT2D eigenvalue weighted by molar-refractivity contribution is 0.545. The third kappa shape index (κ3) is 17.7. The van der Waals surface area contributed by atoms with Gasteiger partial charge in [0.1, 0.15) is 0 Å². The Kier molecular flexibility index (Phi) is 15.5. The molecular weight excluding hydrogens is 256 g/mol. The molecule has 0 rings (SSSR count). The summed E-state index contributed by atoms with van der Waals surface area (Å²) in [6.45, 7) is 2.26. The lowest BCUT2D eigenvalue weighted by atomic mass is 10.0. The Morgan fingerprint density at radius 3 is 1.63 bits per heavy atom. The van der Waals surface area contributed by atoms with E-state index in [-0.39, 0.29) is 0 Å². The van der Waals surface area contributed by atoms with Crippen LogP contribution in [-0.4, -0.2) is 8.76 Å². The van der Waals surface area contributed by atoms with Crippen molar-refractivity contribution in [1.82, 2.24) is 0 Å². The van der Waals surface area contributed by atoms with Crippen molar-refractivity contribution >= 4 is 11.1 Å². The molecule has 1 atom stereocenters. The number of hydrogen-bond donors (Lipinski definition) is 1. The standard InChI is InChI=1S/C16H30O2S/c1-2-3-4-5-6-7-8-9-10-11-12-13-14-15-16-19(17)18/h2-14H2,1H3,(H,17,18). The molecule has 112 valence electrons. The summed E-state index contributed by atoms with van der Waals surface area (Å²) in [6.07, 6.45) is 16.7. The molecule has 0 aliphatic heterocycles. The molecule has 2 nitrogen and oxygen atoms in total. The Labute approximate surface area is 122 Å². The summed E-state index contributed by atoms with van der Waals surface area (Å²) >= 11 is -1.94. The first kappa shape index (κ1) is 18.7. The van der Waals surface area contributed by atoms with Crippen molar-refractivity contribution in [2.45, 2.75) is 90.4 Å². The molecule has 0 saturated heterocycles. The van der Waals surface area contributed by atoms with Gasteiger partial charge in [-0.25, -0.2) is 4.21 Å². The number of hydrogen-bond acceptors (Lipinski definition) is 1. The van der Waals surface area contributed by atoms with E-state index in [1.807, 2.05) is 0 Å². The third-order valence-electron chi connectivity index (χ3n) is 3.31. The highest BCUT2D eigenvalue weighted by molar-refractivity contribution is 7.84. The quantitative estimate of drug-likeness (QED) is 0.302. The van der Waals surface area contributed by atoms with Gasteiger partial charge in [-0.05, 0) is 6.42 Å². The van der Waals surface area contributed by atoms with Crippen LogP contribution in [0.15, 0.2) is 0 Å². The zero-order valence-electron chi connectivity index (χ0n) is 12.5. The zero-order valence-corrected chi connectivity index (χ0v) is 13.3. The lowest BCUT2D eigenvalue weighted by Crippen LogP contribution is -1.82. The highest BCUT2D eigenvalue weighted by Gasteiger charge is 1.92. The molecular formula is C16H30O2S. The van der Waals surface area contributed by atoms with Crippen molar-refractivity contribution in [1.29, 1.82) is 0 Å². The number of unbranched alkanes of at least 4 members (excludes halogenated alkanes) is 12. The van der Waals surface area contributed by atoms with Crippen LogP contribution in [0.5, 0.6) is 0 Å². The van der Waals surface area contributed by atoms with Gasteiger partial charge in [0.05, 0.1) is 0 Å². The van der Waals surface area contributed by atoms with Crippen molar-refractivity contribution in [2.24, 2.45) is 0 Å². The third-order valence-corrected chi connectivity index (χ3v) is 3.63. The maximum absolute atomic E-state index is 10.3. The fourth-order valence-corrected chi connectivity index (χ4v) is 2.39. The van der Waals surface area contributed by atoms with Gasteiger partial charge in [-0.1, -0.05) is 83.5 Å². The zero-order chi connectivity index (χ0) is 14.2. The molecule has 0 aromatic carbocycles. The predicted molar refractivity (Wildman–Crippen MR) is 84.2 cm³/mol. The van der Waals surface area contributed by atoms with Crippen molar-refractivity contribution < 1.29 is 8.76 Å². The molecule has 19 heavy (non-hydrogen) atoms. The van der Waals surface area contributed by atoms with Crippen molar-refractivity contribution in [3.05, 3.63) is 0 Å². The second kappa shape index (κ2) is 15.7. The van der Waals surface area contributed by atoms with Crippen LogP contribution in [0.4, 0.5) is 0 Å². The fourth-order valence-electron chi connectivity index (χ4n) is 2.17. The summed E-state index contributed by atoms with van der Waals surface area (Å²) in [6, 6.07) is 0. The van der Waals surface area contributed by atoms with Crippen LogP contribution in [0.3, 0.4) is 0 Å². The normalized spacial score (nSPS) is 11.9. The average molecular weight is 286 g/mol. The van der Waals surface area contributed by atoms with Crippen molar-refractivity contribution in [2.75, 3.05) is 0 Å². The van der Waals surface area contributed by atoms with E-state index in [4.69, 9.17) is 4.55 Å². The van der Waals surface area contributed by atoms with Crippen molar-refractivity contribution in [3.8, 4) is 11.2 Å². The Hall–Kier alpha value is -0.330. The molecule has 0 heterocycles. The monoisotopic (exact) mass is 286 g/mol. The summed E-state index contributed by atoms with van der Waals surface area (Å²) < 4.78 is 18.7. The Morgan fingerprint density at radius 1 is 0.789 bits per heavy atom. The summed E-state index contributed by atoms with van der Waals surface area (Å²) in [7, 11) is 0. The molecule has 0 aliphatic carbocycles. The van der Waals surface area contributed by atoms with Gasteiger partial charge in [0.25, 0.3) is 0 Å². The predicted octanol–water partition coefficient (Wildman–Crippen LogP) is 5.26. The van der Waals surface area contributed by atoms with E-state index in [1.165, 1.54) is 70.6 Å². The van der Waals surface area contributed by atoms with Crippen LogP contribution >= 0.6 is 0 Å². The van der Waals surface area contributed by atoms with Gasteiger partial charge in [-0.15, -0.1) is 0 Å². The molecule has 0 amide bonds. The molecule has 3 heteroatoms. The Morgan fingerprint density at radius 2 is 1.21 bits per heavy atom. The van der Waals surface area contributed by atoms with E-state index in [0.717, 1.165) is 12.8 Å². The van der Waals surface area contributed by atoms with Crippen molar-refractivity contribution in [3.63, 3.8) is 0 Å². The van der Waals surface area contributed by atoms with Crippen LogP contribution in [0, 0.1) is 11.2 Å². The van der Waals surface area contributed by atoms with Crippen LogP contribution in [0.1, 0.15) is 90.4 Å². The first-order valence-corrected chi connectivity index (χ1v) is 8.97. The molecule has 1 N–H and O–H groups in total. The fraction of sp³-hybridized carbons (Fsp3) is 0.875. The summed E-state index contributed by atoms with van der Waals surface area (Å²) in [4.78, 5) is 0. The molecule has 0 fully saturated rings. The summed E-state index contributed by atoms with van der Waals surface area (Å²) in [5, 5.41) is 2.26. The maximum atomic E-state index is 10.3. The van der Waals surface area contributed by atoms with Gasteiger partial charge in [-0.3, -0.25) is 4.55 Å². The van der Waals surface area contributed by atoms with Crippen LogP contribution in [-0.2, 0) is 11.1 Å². The SMILES string of the molecule is CCCCCCCCCCCCCCC#CS(=O)O. The largest absolute Gasteiger partial charge is 0.296 e. The molecule has 1 unspecified atom stereocenters. The van der Waals surface area contributed by atoms with Gasteiger partial charge < -0.3 is 0 Å². The van der Waals surface area contributed by atoms with Gasteiger partial charge in [0.15, 0.2) is 0 Å². The second-order valence-electron chi connectivity index (χ2n) is 5.17. The van der Waals surface area contributed by atoms with E-state index in [0.29, 0.717) is 0 Å². The van der Waals surface area contributed by atoms with Gasteiger partial charge >= 0.3 is 0 Å². The van der Waals surface area contributed by atoms with E-state index < -0.39 is 11.1 Å². The molecule has 0 bridgehead atoms. The van der Waals surface area contributed by atoms with Crippen LogP contribution in [0.25, 0.3) is 0 Å². The molecule has 0 saturated carbocycles. The van der Waals surface area contributed by atoms with Gasteiger partial charge in [-0.2, -0.15) is 0 Å². The topological polar surface area (TPSA) is 37.3 Å². The first-order chi connectivity index (χ1) is 9.27. The van der Waals surface area contributed by atoms with E-state index >= 15 is 0 Å². The lowest BCUT2D eigenvalue weighted by Gasteiger charge is -2.01. The minimum Gasteiger partial charge on any atom is -0.296 e. The Balaban J connectivity index is 3.03. The number of rotatable bonds is 12.